The molecule has 112 valence electrons. The Balaban J connectivity index is 1.88. The van der Waals surface area contributed by atoms with E-state index in [1.807, 2.05) is 42.6 Å². The summed E-state index contributed by atoms with van der Waals surface area (Å²) < 4.78 is 0. The number of fused-ring (bicyclic) bond motifs is 1. The zero-order chi connectivity index (χ0) is 15.6. The molecule has 0 bridgehead atoms. The Hall–Kier alpha value is -3.14. The van der Waals surface area contributed by atoms with Gasteiger partial charge in [-0.3, -0.25) is 4.79 Å². The van der Waals surface area contributed by atoms with Crippen LogP contribution in [0.25, 0.3) is 22.2 Å². The Labute approximate surface area is 132 Å². The highest BCUT2D eigenvalue weighted by Gasteiger charge is 2.13. The van der Waals surface area contributed by atoms with Gasteiger partial charge < -0.3 is 9.97 Å². The number of nitrogens with one attached hydrogen (secondary N) is 2. The molecule has 0 aliphatic rings. The molecule has 0 aliphatic carbocycles. The molecule has 2 aromatic carbocycles. The van der Waals surface area contributed by atoms with E-state index in [1.165, 1.54) is 17.5 Å². The minimum Gasteiger partial charge on any atom is -0.345 e. The molecule has 23 heavy (non-hydrogen) atoms. The molecule has 0 unspecified atom stereocenters. The fourth-order valence-electron chi connectivity index (χ4n) is 2.94. The second-order valence-corrected chi connectivity index (χ2v) is 5.48. The summed E-state index contributed by atoms with van der Waals surface area (Å²) in [7, 11) is 0. The largest absolute Gasteiger partial charge is 0.345 e. The molecule has 4 nitrogen and oxygen atoms in total. The Morgan fingerprint density at radius 1 is 0.870 bits per heavy atom. The van der Waals surface area contributed by atoms with Gasteiger partial charge in [-0.15, -0.1) is 0 Å². The third kappa shape index (κ3) is 2.44. The number of rotatable bonds is 3. The van der Waals surface area contributed by atoms with Gasteiger partial charge in [-0.05, 0) is 23.1 Å². The van der Waals surface area contributed by atoms with Crippen LogP contribution in [0.1, 0.15) is 11.1 Å². The van der Waals surface area contributed by atoms with E-state index in [2.05, 4.69) is 33.2 Å². The molecule has 0 amide bonds. The molecule has 4 aromatic rings. The maximum absolute atomic E-state index is 12.2. The van der Waals surface area contributed by atoms with Crippen molar-refractivity contribution in [1.82, 2.24) is 15.0 Å². The number of nitrogens with zero attached hydrogens (tertiary/aromatic N) is 1. The number of aromatic amines is 2. The second kappa shape index (κ2) is 5.57. The first kappa shape index (κ1) is 13.5. The molecular formula is C19H15N3O. The van der Waals surface area contributed by atoms with Crippen molar-refractivity contribution in [3.8, 4) is 11.1 Å². The highest BCUT2D eigenvalue weighted by Crippen LogP contribution is 2.29. The summed E-state index contributed by atoms with van der Waals surface area (Å²) >= 11 is 0. The Morgan fingerprint density at radius 3 is 2.52 bits per heavy atom. The van der Waals surface area contributed by atoms with Crippen LogP contribution in [-0.2, 0) is 6.42 Å². The first-order chi connectivity index (χ1) is 11.3. The number of H-pyrrole nitrogens is 2. The van der Waals surface area contributed by atoms with Gasteiger partial charge in [-0.25, -0.2) is 4.98 Å². The average molecular weight is 301 g/mol. The van der Waals surface area contributed by atoms with Crippen molar-refractivity contribution in [2.24, 2.45) is 0 Å². The third-order valence-electron chi connectivity index (χ3n) is 4.02. The van der Waals surface area contributed by atoms with E-state index in [9.17, 15) is 4.79 Å². The standard InChI is InChI=1S/C19H15N3O/c23-19-17-16(11-20-18(17)21-12-22-19)15-9-5-4-8-14(15)10-13-6-2-1-3-7-13/h1-9,11-12H,10H2,(H2,20,21,22,23). The summed E-state index contributed by atoms with van der Waals surface area (Å²) in [5.41, 5.74) is 4.86. The lowest BCUT2D eigenvalue weighted by Crippen LogP contribution is -2.06. The van der Waals surface area contributed by atoms with E-state index in [-0.39, 0.29) is 5.56 Å². The van der Waals surface area contributed by atoms with Gasteiger partial charge in [0.2, 0.25) is 0 Å². The van der Waals surface area contributed by atoms with E-state index < -0.39 is 0 Å². The van der Waals surface area contributed by atoms with Crippen molar-refractivity contribution in [1.29, 1.82) is 0 Å². The van der Waals surface area contributed by atoms with Crippen LogP contribution in [-0.4, -0.2) is 15.0 Å². The Morgan fingerprint density at radius 2 is 1.65 bits per heavy atom. The van der Waals surface area contributed by atoms with Crippen LogP contribution < -0.4 is 5.56 Å². The van der Waals surface area contributed by atoms with Crippen LogP contribution >= 0.6 is 0 Å². The van der Waals surface area contributed by atoms with Gasteiger partial charge in [0.05, 0.1) is 11.7 Å². The average Bonchev–Trinajstić information content (AvgIpc) is 3.02. The fourth-order valence-corrected chi connectivity index (χ4v) is 2.94. The lowest BCUT2D eigenvalue weighted by atomic mass is 9.95. The van der Waals surface area contributed by atoms with Crippen molar-refractivity contribution in [3.05, 3.63) is 88.6 Å². The lowest BCUT2D eigenvalue weighted by molar-refractivity contribution is 1.16. The van der Waals surface area contributed by atoms with Gasteiger partial charge in [-0.2, -0.15) is 0 Å². The van der Waals surface area contributed by atoms with Crippen molar-refractivity contribution < 1.29 is 0 Å². The van der Waals surface area contributed by atoms with E-state index in [4.69, 9.17) is 0 Å². The van der Waals surface area contributed by atoms with Gasteiger partial charge in [0.25, 0.3) is 5.56 Å². The zero-order valence-corrected chi connectivity index (χ0v) is 12.4. The molecule has 0 aliphatic heterocycles. The summed E-state index contributed by atoms with van der Waals surface area (Å²) in [4.78, 5) is 22.1. The molecule has 0 fully saturated rings. The monoisotopic (exact) mass is 301 g/mol. The van der Waals surface area contributed by atoms with Crippen LogP contribution in [0.2, 0.25) is 0 Å². The zero-order valence-electron chi connectivity index (χ0n) is 12.4. The predicted molar refractivity (Wildman–Crippen MR) is 91.4 cm³/mol. The van der Waals surface area contributed by atoms with E-state index in [0.29, 0.717) is 11.0 Å². The van der Waals surface area contributed by atoms with E-state index in [0.717, 1.165) is 17.5 Å². The van der Waals surface area contributed by atoms with Crippen LogP contribution in [0.5, 0.6) is 0 Å². The molecule has 0 saturated carbocycles. The Bertz CT molecular complexity index is 1020. The molecule has 0 radical (unpaired) electrons. The van der Waals surface area contributed by atoms with Gasteiger partial charge in [0.1, 0.15) is 5.65 Å². The number of benzene rings is 2. The van der Waals surface area contributed by atoms with Gasteiger partial charge >= 0.3 is 0 Å². The Kier molecular flexibility index (Phi) is 3.27. The van der Waals surface area contributed by atoms with Crippen molar-refractivity contribution in [3.63, 3.8) is 0 Å². The maximum atomic E-state index is 12.2. The number of aromatic nitrogens is 3. The molecule has 4 heteroatoms. The summed E-state index contributed by atoms with van der Waals surface area (Å²) in [6, 6.07) is 18.5. The van der Waals surface area contributed by atoms with E-state index in [1.54, 1.807) is 0 Å². The van der Waals surface area contributed by atoms with Crippen LogP contribution in [0.4, 0.5) is 0 Å². The quantitative estimate of drug-likeness (QED) is 0.608. The summed E-state index contributed by atoms with van der Waals surface area (Å²) in [6.45, 7) is 0. The highest BCUT2D eigenvalue weighted by atomic mass is 16.1. The number of hydrogen-bond acceptors (Lipinski definition) is 2. The molecule has 4 rings (SSSR count). The van der Waals surface area contributed by atoms with Crippen LogP contribution in [0.3, 0.4) is 0 Å². The summed E-state index contributed by atoms with van der Waals surface area (Å²) in [5.74, 6) is 0. The topological polar surface area (TPSA) is 61.5 Å². The van der Waals surface area contributed by atoms with Crippen LogP contribution in [0, 0.1) is 0 Å². The maximum Gasteiger partial charge on any atom is 0.260 e. The molecule has 0 atom stereocenters. The predicted octanol–water partition coefficient (Wildman–Crippen LogP) is 3.51. The molecule has 2 heterocycles. The lowest BCUT2D eigenvalue weighted by Gasteiger charge is -2.09. The smallest absolute Gasteiger partial charge is 0.260 e. The molecule has 0 spiro atoms. The second-order valence-electron chi connectivity index (χ2n) is 5.48. The summed E-state index contributed by atoms with van der Waals surface area (Å²) in [5, 5.41) is 0.605. The van der Waals surface area contributed by atoms with Crippen molar-refractivity contribution in [2.45, 2.75) is 6.42 Å². The summed E-state index contributed by atoms with van der Waals surface area (Å²) in [6.07, 6.45) is 4.10. The first-order valence-corrected chi connectivity index (χ1v) is 7.50. The van der Waals surface area contributed by atoms with Crippen LogP contribution in [0.15, 0.2) is 71.9 Å². The van der Waals surface area contributed by atoms with E-state index >= 15 is 0 Å². The van der Waals surface area contributed by atoms with Gasteiger partial charge in [0.15, 0.2) is 0 Å². The molecular weight excluding hydrogens is 286 g/mol. The first-order valence-electron chi connectivity index (χ1n) is 7.50. The molecule has 0 saturated heterocycles. The fraction of sp³-hybridized carbons (Fsp3) is 0.0526. The van der Waals surface area contributed by atoms with Gasteiger partial charge in [0, 0.05) is 11.8 Å². The number of hydrogen-bond donors (Lipinski definition) is 2. The minimum atomic E-state index is -0.124. The third-order valence-corrected chi connectivity index (χ3v) is 4.02. The van der Waals surface area contributed by atoms with Gasteiger partial charge in [-0.1, -0.05) is 54.6 Å². The minimum absolute atomic E-state index is 0.124. The SMILES string of the molecule is O=c1[nH]cnc2[nH]cc(-c3ccccc3Cc3ccccc3)c12. The van der Waals surface area contributed by atoms with Crippen molar-refractivity contribution >= 4 is 11.0 Å². The normalized spacial score (nSPS) is 11.0. The molecule has 2 N–H and O–H groups in total. The van der Waals surface area contributed by atoms with Crippen molar-refractivity contribution in [2.75, 3.05) is 0 Å². The highest BCUT2D eigenvalue weighted by molar-refractivity contribution is 5.93. The molecule has 2 aromatic heterocycles.